The summed E-state index contributed by atoms with van der Waals surface area (Å²) in [5.41, 5.74) is 3.08. The van der Waals surface area contributed by atoms with Crippen LogP contribution in [0.1, 0.15) is 39.3 Å². The summed E-state index contributed by atoms with van der Waals surface area (Å²) in [6, 6.07) is 15.4. The number of carbonyl (C=O) groups is 2. The van der Waals surface area contributed by atoms with Crippen LogP contribution < -0.4 is 20.1 Å². The molecule has 7 heteroatoms. The molecule has 4 rings (SSSR count). The number of hydrogen-bond acceptors (Lipinski definition) is 6. The van der Waals surface area contributed by atoms with E-state index < -0.39 is 0 Å². The number of aryl methyl sites for hydroxylation is 1. The van der Waals surface area contributed by atoms with E-state index in [1.54, 1.807) is 23.5 Å². The van der Waals surface area contributed by atoms with Crippen molar-refractivity contribution < 1.29 is 19.1 Å². The average molecular weight is 423 g/mol. The Hall–Kier alpha value is -3.16. The van der Waals surface area contributed by atoms with E-state index in [4.69, 9.17) is 9.47 Å². The Bertz CT molecular complexity index is 1060. The molecule has 1 aromatic heterocycles. The van der Waals surface area contributed by atoms with Crippen molar-refractivity contribution in [2.45, 2.75) is 19.9 Å². The zero-order chi connectivity index (χ0) is 21.1. The topological polar surface area (TPSA) is 76.7 Å². The Morgan fingerprint density at radius 2 is 1.83 bits per heavy atom. The van der Waals surface area contributed by atoms with Gasteiger partial charge in [-0.25, -0.2) is 0 Å². The smallest absolute Gasteiger partial charge is 0.238 e. The van der Waals surface area contributed by atoms with Gasteiger partial charge in [-0.05, 0) is 36.9 Å². The van der Waals surface area contributed by atoms with Crippen molar-refractivity contribution in [2.75, 3.05) is 18.7 Å². The Morgan fingerprint density at radius 1 is 1.10 bits per heavy atom. The normalized spacial score (nSPS) is 13.1. The number of benzene rings is 2. The molecule has 0 saturated carbocycles. The quantitative estimate of drug-likeness (QED) is 0.555. The van der Waals surface area contributed by atoms with Crippen LogP contribution in [0.25, 0.3) is 0 Å². The van der Waals surface area contributed by atoms with Gasteiger partial charge in [0, 0.05) is 16.5 Å². The van der Waals surface area contributed by atoms with Crippen molar-refractivity contribution in [2.24, 2.45) is 0 Å². The van der Waals surface area contributed by atoms with Gasteiger partial charge < -0.3 is 14.8 Å². The summed E-state index contributed by atoms with van der Waals surface area (Å²) in [4.78, 5) is 25.8. The summed E-state index contributed by atoms with van der Waals surface area (Å²) in [6.07, 6.45) is 0. The van der Waals surface area contributed by atoms with Gasteiger partial charge in [0.2, 0.25) is 12.7 Å². The lowest BCUT2D eigenvalue weighted by Gasteiger charge is -2.18. The van der Waals surface area contributed by atoms with Crippen molar-refractivity contribution in [1.29, 1.82) is 0 Å². The predicted octanol–water partition coefficient (Wildman–Crippen LogP) is 4.31. The fourth-order valence-corrected chi connectivity index (χ4v) is 4.15. The minimum Gasteiger partial charge on any atom is -0.454 e. The highest BCUT2D eigenvalue weighted by Gasteiger charge is 2.21. The van der Waals surface area contributed by atoms with Gasteiger partial charge in [-0.1, -0.05) is 35.9 Å². The van der Waals surface area contributed by atoms with Gasteiger partial charge in [-0.15, -0.1) is 11.3 Å². The number of carbonyl (C=O) groups excluding carboxylic acids is 2. The second-order valence-corrected chi connectivity index (χ2v) is 8.07. The van der Waals surface area contributed by atoms with Gasteiger partial charge in [0.1, 0.15) is 0 Å². The molecule has 0 fully saturated rings. The van der Waals surface area contributed by atoms with Crippen molar-refractivity contribution >= 4 is 28.7 Å². The van der Waals surface area contributed by atoms with Crippen molar-refractivity contribution in [3.8, 4) is 11.5 Å². The first kappa shape index (κ1) is 20.1. The molecular weight excluding hydrogens is 400 g/mol. The SMILES string of the molecule is CC(=O)c1cc2c(cc1NC(=O)CNC(c1ccc(C)cc1)c1cccs1)OCO2. The standard InChI is InChI=1S/C23H22N2O4S/c1-14-5-7-16(8-6-14)23(21-4-3-9-30-21)24-12-22(27)25-18-11-20-19(28-13-29-20)10-17(18)15(2)26/h3-11,23-24H,12-13H2,1-2H3,(H,25,27). The minimum atomic E-state index is -0.245. The third-order valence-electron chi connectivity index (χ3n) is 4.87. The highest BCUT2D eigenvalue weighted by molar-refractivity contribution is 7.10. The molecule has 1 aliphatic heterocycles. The van der Waals surface area contributed by atoms with E-state index >= 15 is 0 Å². The van der Waals surface area contributed by atoms with E-state index in [0.29, 0.717) is 22.7 Å². The van der Waals surface area contributed by atoms with Crippen molar-refractivity contribution in [3.63, 3.8) is 0 Å². The highest BCUT2D eigenvalue weighted by atomic mass is 32.1. The summed E-state index contributed by atoms with van der Waals surface area (Å²) >= 11 is 1.64. The Morgan fingerprint density at radius 3 is 2.50 bits per heavy atom. The van der Waals surface area contributed by atoms with Gasteiger partial charge in [0.25, 0.3) is 0 Å². The molecular formula is C23H22N2O4S. The van der Waals surface area contributed by atoms with E-state index in [1.807, 2.05) is 24.4 Å². The van der Waals surface area contributed by atoms with Crippen LogP contribution in [0.3, 0.4) is 0 Å². The lowest BCUT2D eigenvalue weighted by atomic mass is 10.0. The molecule has 1 amide bonds. The Labute approximate surface area is 178 Å². The van der Waals surface area contributed by atoms with E-state index in [9.17, 15) is 9.59 Å². The Balaban J connectivity index is 1.49. The Kier molecular flexibility index (Phi) is 5.83. The van der Waals surface area contributed by atoms with Crippen LogP contribution in [-0.4, -0.2) is 25.0 Å². The molecule has 3 aromatic rings. The largest absolute Gasteiger partial charge is 0.454 e. The summed E-state index contributed by atoms with van der Waals surface area (Å²) < 4.78 is 10.7. The van der Waals surface area contributed by atoms with Crippen molar-refractivity contribution in [3.05, 3.63) is 75.5 Å². The maximum atomic E-state index is 12.7. The van der Waals surface area contributed by atoms with Crippen LogP contribution >= 0.6 is 11.3 Å². The number of thiophene rings is 1. The second kappa shape index (κ2) is 8.69. The maximum absolute atomic E-state index is 12.7. The summed E-state index contributed by atoms with van der Waals surface area (Å²) in [5, 5.41) is 8.18. The average Bonchev–Trinajstić information content (AvgIpc) is 3.40. The van der Waals surface area contributed by atoms with Crippen LogP contribution in [0.5, 0.6) is 11.5 Å². The summed E-state index contributed by atoms with van der Waals surface area (Å²) in [6.45, 7) is 3.69. The number of hydrogen-bond donors (Lipinski definition) is 2. The van der Waals surface area contributed by atoms with Gasteiger partial charge in [-0.2, -0.15) is 0 Å². The number of ketones is 1. The fraction of sp³-hybridized carbons (Fsp3) is 0.217. The summed E-state index contributed by atoms with van der Waals surface area (Å²) in [7, 11) is 0. The first-order chi connectivity index (χ1) is 14.5. The van der Waals surface area contributed by atoms with E-state index in [2.05, 4.69) is 34.9 Å². The van der Waals surface area contributed by atoms with Gasteiger partial charge in [-0.3, -0.25) is 14.9 Å². The van der Waals surface area contributed by atoms with Gasteiger partial charge in [0.15, 0.2) is 17.3 Å². The van der Waals surface area contributed by atoms with Crippen LogP contribution in [0, 0.1) is 6.92 Å². The number of ether oxygens (including phenoxy) is 2. The molecule has 2 N–H and O–H groups in total. The number of Topliss-reactive ketones (excluding diaryl/α,β-unsaturated/α-hetero) is 1. The number of fused-ring (bicyclic) bond motifs is 1. The fourth-order valence-electron chi connectivity index (χ4n) is 3.32. The third-order valence-corrected chi connectivity index (χ3v) is 5.81. The first-order valence-corrected chi connectivity index (χ1v) is 10.5. The molecule has 0 bridgehead atoms. The molecule has 2 aromatic carbocycles. The molecule has 0 aliphatic carbocycles. The number of nitrogens with one attached hydrogen (secondary N) is 2. The first-order valence-electron chi connectivity index (χ1n) is 9.59. The van der Waals surface area contributed by atoms with Crippen LogP contribution in [0.2, 0.25) is 0 Å². The predicted molar refractivity (Wildman–Crippen MR) is 117 cm³/mol. The van der Waals surface area contributed by atoms with Gasteiger partial charge in [0.05, 0.1) is 18.3 Å². The monoisotopic (exact) mass is 422 g/mol. The molecule has 0 spiro atoms. The number of amides is 1. The molecule has 30 heavy (non-hydrogen) atoms. The third kappa shape index (κ3) is 4.37. The lowest BCUT2D eigenvalue weighted by molar-refractivity contribution is -0.115. The molecule has 2 heterocycles. The molecule has 154 valence electrons. The highest BCUT2D eigenvalue weighted by Crippen LogP contribution is 2.37. The van der Waals surface area contributed by atoms with Crippen LogP contribution in [-0.2, 0) is 4.79 Å². The van der Waals surface area contributed by atoms with Gasteiger partial charge >= 0.3 is 0 Å². The second-order valence-electron chi connectivity index (χ2n) is 7.10. The molecule has 1 unspecified atom stereocenters. The molecule has 1 atom stereocenters. The lowest BCUT2D eigenvalue weighted by Crippen LogP contribution is -2.32. The molecule has 6 nitrogen and oxygen atoms in total. The summed E-state index contributed by atoms with van der Waals surface area (Å²) in [5.74, 6) is 0.616. The van der Waals surface area contributed by atoms with Crippen LogP contribution in [0.4, 0.5) is 5.69 Å². The molecule has 1 aliphatic rings. The molecule has 0 radical (unpaired) electrons. The van der Waals surface area contributed by atoms with E-state index in [-0.39, 0.29) is 31.1 Å². The van der Waals surface area contributed by atoms with E-state index in [0.717, 1.165) is 10.4 Å². The van der Waals surface area contributed by atoms with Crippen LogP contribution in [0.15, 0.2) is 53.9 Å². The zero-order valence-electron chi connectivity index (χ0n) is 16.7. The number of rotatable bonds is 7. The number of anilines is 1. The zero-order valence-corrected chi connectivity index (χ0v) is 17.5. The maximum Gasteiger partial charge on any atom is 0.238 e. The minimum absolute atomic E-state index is 0.0855. The van der Waals surface area contributed by atoms with Crippen molar-refractivity contribution in [1.82, 2.24) is 5.32 Å². The molecule has 0 saturated heterocycles. The van der Waals surface area contributed by atoms with E-state index in [1.165, 1.54) is 12.5 Å².